The minimum Gasteiger partial charge on any atom is -0.496 e. The molecular formula is C29H25Br2NO3. The molecule has 0 saturated carbocycles. The lowest BCUT2D eigenvalue weighted by molar-refractivity contribution is 0.0653. The van der Waals surface area contributed by atoms with Gasteiger partial charge in [0.2, 0.25) is 0 Å². The molecule has 0 spiro atoms. The number of hydrogen-bond donors (Lipinski definition) is 0. The highest BCUT2D eigenvalue weighted by molar-refractivity contribution is 9.10. The molecule has 3 aromatic carbocycles. The average molecular weight is 595 g/mol. The zero-order chi connectivity index (χ0) is 24.6. The topological polar surface area (TPSA) is 46.6 Å². The predicted molar refractivity (Wildman–Crippen MR) is 144 cm³/mol. The Labute approximate surface area is 221 Å². The van der Waals surface area contributed by atoms with Gasteiger partial charge in [-0.2, -0.15) is 0 Å². The number of benzene rings is 3. The first-order chi connectivity index (χ1) is 16.8. The summed E-state index contributed by atoms with van der Waals surface area (Å²) in [4.78, 5) is 28.8. The lowest BCUT2D eigenvalue weighted by Crippen LogP contribution is -2.30. The van der Waals surface area contributed by atoms with E-state index in [-0.39, 0.29) is 11.8 Å². The molecule has 1 heterocycles. The monoisotopic (exact) mass is 593 g/mol. The van der Waals surface area contributed by atoms with Gasteiger partial charge in [0.05, 0.1) is 22.7 Å². The van der Waals surface area contributed by atoms with Crippen LogP contribution in [0, 0.1) is 6.92 Å². The molecule has 2 amide bonds. The van der Waals surface area contributed by atoms with E-state index < -0.39 is 0 Å². The van der Waals surface area contributed by atoms with E-state index in [0.717, 1.165) is 80.2 Å². The smallest absolute Gasteiger partial charge is 0.261 e. The quantitative estimate of drug-likeness (QED) is 0.305. The minimum absolute atomic E-state index is 0.123. The maximum atomic E-state index is 13.7. The number of hydrogen-bond acceptors (Lipinski definition) is 3. The number of aryl methyl sites for hydroxylation is 3. The molecule has 35 heavy (non-hydrogen) atoms. The molecule has 0 fully saturated rings. The number of halogens is 2. The molecular weight excluding hydrogens is 570 g/mol. The summed E-state index contributed by atoms with van der Waals surface area (Å²) < 4.78 is 7.70. The van der Waals surface area contributed by atoms with E-state index in [1.807, 2.05) is 6.92 Å². The summed E-state index contributed by atoms with van der Waals surface area (Å²) in [5, 5.41) is 0. The first-order valence-electron chi connectivity index (χ1n) is 12.1. The maximum Gasteiger partial charge on any atom is 0.261 e. The van der Waals surface area contributed by atoms with Crippen LogP contribution in [-0.2, 0) is 25.7 Å². The number of rotatable bonds is 3. The maximum absolute atomic E-state index is 13.7. The summed E-state index contributed by atoms with van der Waals surface area (Å²) in [5.41, 5.74) is 11.5. The molecule has 6 heteroatoms. The van der Waals surface area contributed by atoms with Gasteiger partial charge in [-0.25, -0.2) is 0 Å². The van der Waals surface area contributed by atoms with Crippen LogP contribution in [0.5, 0.6) is 5.75 Å². The molecule has 2 aliphatic carbocycles. The molecule has 0 bridgehead atoms. The van der Waals surface area contributed by atoms with E-state index in [1.54, 1.807) is 7.11 Å². The van der Waals surface area contributed by atoms with Crippen molar-refractivity contribution in [3.63, 3.8) is 0 Å². The highest BCUT2D eigenvalue weighted by Crippen LogP contribution is 2.52. The van der Waals surface area contributed by atoms with Crippen molar-refractivity contribution in [3.8, 4) is 28.0 Å². The fourth-order valence-electron chi connectivity index (χ4n) is 6.08. The number of nitrogens with zero attached hydrogens (tertiary/aromatic N) is 1. The van der Waals surface area contributed by atoms with Crippen LogP contribution in [-0.4, -0.2) is 30.4 Å². The van der Waals surface area contributed by atoms with Crippen LogP contribution in [0.3, 0.4) is 0 Å². The van der Waals surface area contributed by atoms with Crippen molar-refractivity contribution in [2.24, 2.45) is 0 Å². The van der Waals surface area contributed by atoms with Crippen LogP contribution in [0.2, 0.25) is 0 Å². The van der Waals surface area contributed by atoms with Crippen molar-refractivity contribution in [2.45, 2.75) is 46.0 Å². The molecule has 178 valence electrons. The van der Waals surface area contributed by atoms with Gasteiger partial charge in [-0.15, -0.1) is 0 Å². The van der Waals surface area contributed by atoms with Gasteiger partial charge >= 0.3 is 0 Å². The lowest BCUT2D eigenvalue weighted by Gasteiger charge is -2.31. The summed E-state index contributed by atoms with van der Waals surface area (Å²) in [6.07, 6.45) is 3.89. The second-order valence-electron chi connectivity index (χ2n) is 9.62. The van der Waals surface area contributed by atoms with E-state index in [1.165, 1.54) is 21.6 Å². The van der Waals surface area contributed by atoms with Crippen LogP contribution < -0.4 is 4.74 Å². The van der Waals surface area contributed by atoms with Gasteiger partial charge in [0.25, 0.3) is 11.8 Å². The molecule has 3 aromatic rings. The van der Waals surface area contributed by atoms with Crippen LogP contribution in [0.4, 0.5) is 0 Å². The molecule has 0 aromatic heterocycles. The van der Waals surface area contributed by atoms with Crippen LogP contribution >= 0.6 is 31.9 Å². The number of imide groups is 1. The normalized spacial score (nSPS) is 15.4. The Kier molecular flexibility index (Phi) is 5.46. The summed E-state index contributed by atoms with van der Waals surface area (Å²) in [7, 11) is 1.68. The molecule has 1 aliphatic heterocycles. The zero-order valence-electron chi connectivity index (χ0n) is 20.0. The highest BCUT2D eigenvalue weighted by atomic mass is 79.9. The third-order valence-electron chi connectivity index (χ3n) is 7.66. The summed E-state index contributed by atoms with van der Waals surface area (Å²) >= 11 is 7.36. The zero-order valence-corrected chi connectivity index (χ0v) is 23.2. The fraction of sp³-hybridized carbons (Fsp3) is 0.310. The van der Waals surface area contributed by atoms with Gasteiger partial charge in [0, 0.05) is 11.0 Å². The molecule has 0 N–H and O–H groups in total. The van der Waals surface area contributed by atoms with Gasteiger partial charge in [-0.3, -0.25) is 14.5 Å². The summed E-state index contributed by atoms with van der Waals surface area (Å²) in [5.74, 6) is 0.516. The Balaban J connectivity index is 1.76. The Morgan fingerprint density at radius 1 is 0.800 bits per heavy atom. The van der Waals surface area contributed by atoms with Gasteiger partial charge < -0.3 is 4.74 Å². The number of methoxy groups -OCH3 is 1. The van der Waals surface area contributed by atoms with Gasteiger partial charge in [0.15, 0.2) is 0 Å². The minimum atomic E-state index is -0.129. The average Bonchev–Trinajstić information content (AvgIpc) is 3.09. The number of amides is 2. The predicted octanol–water partition coefficient (Wildman–Crippen LogP) is 7.07. The van der Waals surface area contributed by atoms with Gasteiger partial charge in [0.1, 0.15) is 5.75 Å². The number of fused-ring (bicyclic) bond motifs is 10. The van der Waals surface area contributed by atoms with Crippen molar-refractivity contribution in [1.29, 1.82) is 0 Å². The molecule has 0 saturated heterocycles. The number of carbonyl (C=O) groups is 2. The van der Waals surface area contributed by atoms with E-state index in [9.17, 15) is 9.59 Å². The van der Waals surface area contributed by atoms with Crippen molar-refractivity contribution >= 4 is 43.7 Å². The van der Waals surface area contributed by atoms with Crippen LogP contribution in [0.1, 0.15) is 61.9 Å². The first-order valence-corrected chi connectivity index (χ1v) is 13.7. The van der Waals surface area contributed by atoms with E-state index in [2.05, 4.69) is 63.0 Å². The second kappa shape index (κ2) is 8.31. The lowest BCUT2D eigenvalue weighted by atomic mass is 9.72. The van der Waals surface area contributed by atoms with Crippen LogP contribution in [0.15, 0.2) is 33.2 Å². The van der Waals surface area contributed by atoms with Crippen molar-refractivity contribution < 1.29 is 14.3 Å². The van der Waals surface area contributed by atoms with E-state index >= 15 is 0 Å². The van der Waals surface area contributed by atoms with Crippen LogP contribution in [0.25, 0.3) is 22.3 Å². The molecule has 0 atom stereocenters. The summed E-state index contributed by atoms with van der Waals surface area (Å²) in [6.45, 7) is 4.56. The molecule has 0 radical (unpaired) electrons. The molecule has 4 nitrogen and oxygen atoms in total. The van der Waals surface area contributed by atoms with Gasteiger partial charge in [-0.1, -0.05) is 28.9 Å². The third-order valence-corrected chi connectivity index (χ3v) is 9.14. The highest BCUT2D eigenvalue weighted by Gasteiger charge is 2.43. The Bertz CT molecular complexity index is 1470. The standard InChI is InChI=1S/C29H25Br2NO3/c1-4-9-32-28(33)26-17-7-5-15-11-21(30)14(2)10-19(15)24(17)25-18(27(26)29(32)34)8-6-16-12-22(31)23(35-3)13-20(16)25/h10-13H,4-9H2,1-3H3. The van der Waals surface area contributed by atoms with Crippen molar-refractivity contribution in [1.82, 2.24) is 4.90 Å². The number of ether oxygens (including phenoxy) is 1. The molecule has 6 rings (SSSR count). The fourth-order valence-corrected chi connectivity index (χ4v) is 7.02. The molecule has 0 unspecified atom stereocenters. The van der Waals surface area contributed by atoms with E-state index in [0.29, 0.717) is 17.7 Å². The second-order valence-corrected chi connectivity index (χ2v) is 11.3. The third kappa shape index (κ3) is 3.22. The van der Waals surface area contributed by atoms with Crippen molar-refractivity contribution in [2.75, 3.05) is 13.7 Å². The van der Waals surface area contributed by atoms with E-state index in [4.69, 9.17) is 4.74 Å². The van der Waals surface area contributed by atoms with Gasteiger partial charge in [-0.05, 0) is 123 Å². The SMILES string of the molecule is CCCN1C(=O)c2c3c(c4c(c2C1=O)CCc1cc(Br)c(OC)cc1-4)-c1cc(C)c(Br)cc1CC3. The summed E-state index contributed by atoms with van der Waals surface area (Å²) in [6, 6.07) is 8.69. The Hall–Kier alpha value is -2.44. The van der Waals surface area contributed by atoms with Crippen molar-refractivity contribution in [3.05, 3.63) is 72.2 Å². The Morgan fingerprint density at radius 3 is 1.89 bits per heavy atom. The number of carbonyl (C=O) groups excluding carboxylic acids is 2. The first kappa shape index (κ1) is 23.0. The molecule has 3 aliphatic rings. The Morgan fingerprint density at radius 2 is 1.34 bits per heavy atom. The largest absolute Gasteiger partial charge is 0.496 e.